The van der Waals surface area contributed by atoms with Gasteiger partial charge in [-0.25, -0.2) is 4.79 Å². The molecule has 0 unspecified atom stereocenters. The van der Waals surface area contributed by atoms with Crippen molar-refractivity contribution in [1.29, 1.82) is 5.26 Å². The van der Waals surface area contributed by atoms with Crippen molar-refractivity contribution in [2.45, 2.75) is 27.7 Å². The van der Waals surface area contributed by atoms with E-state index in [0.29, 0.717) is 16.1 Å². The predicted molar refractivity (Wildman–Crippen MR) is 121 cm³/mol. The van der Waals surface area contributed by atoms with Gasteiger partial charge >= 0.3 is 5.97 Å². The van der Waals surface area contributed by atoms with Crippen LogP contribution < -0.4 is 10.6 Å². The summed E-state index contributed by atoms with van der Waals surface area (Å²) in [4.78, 5) is 39.7. The molecule has 1 heterocycles. The number of aryl methyl sites for hydroxylation is 2. The molecule has 31 heavy (non-hydrogen) atoms. The molecule has 0 aliphatic rings. The van der Waals surface area contributed by atoms with Crippen LogP contribution in [0.15, 0.2) is 18.2 Å². The lowest BCUT2D eigenvalue weighted by molar-refractivity contribution is -0.116. The predicted octanol–water partition coefficient (Wildman–Crippen LogP) is 3.50. The third kappa shape index (κ3) is 6.13. The molecule has 2 N–H and O–H groups in total. The number of ether oxygens (including phenoxy) is 1. The van der Waals surface area contributed by atoms with Gasteiger partial charge in [0.15, 0.2) is 0 Å². The first-order valence-corrected chi connectivity index (χ1v) is 10.5. The molecule has 164 valence electrons. The number of esters is 1. The highest BCUT2D eigenvalue weighted by Gasteiger charge is 2.27. The zero-order chi connectivity index (χ0) is 23.1. The Morgan fingerprint density at radius 1 is 1.19 bits per heavy atom. The van der Waals surface area contributed by atoms with Crippen LogP contribution in [0.25, 0.3) is 0 Å². The number of amides is 2. The van der Waals surface area contributed by atoms with Crippen LogP contribution in [0.2, 0.25) is 0 Å². The van der Waals surface area contributed by atoms with Crippen molar-refractivity contribution in [2.75, 3.05) is 37.4 Å². The van der Waals surface area contributed by atoms with Gasteiger partial charge in [-0.05, 0) is 51.9 Å². The van der Waals surface area contributed by atoms with E-state index in [1.54, 1.807) is 20.9 Å². The van der Waals surface area contributed by atoms with E-state index < -0.39 is 11.9 Å². The highest BCUT2D eigenvalue weighted by Crippen LogP contribution is 2.34. The molecule has 1 aromatic carbocycles. The van der Waals surface area contributed by atoms with E-state index in [4.69, 9.17) is 10.00 Å². The van der Waals surface area contributed by atoms with Gasteiger partial charge in [0, 0.05) is 5.69 Å². The number of thiophene rings is 1. The quantitative estimate of drug-likeness (QED) is 0.478. The second-order valence-electron chi connectivity index (χ2n) is 7.13. The number of hydrogen-bond donors (Lipinski definition) is 2. The first-order valence-electron chi connectivity index (χ1n) is 9.72. The highest BCUT2D eigenvalue weighted by atomic mass is 32.1. The summed E-state index contributed by atoms with van der Waals surface area (Å²) in [5.74, 6) is -1.38. The lowest BCUT2D eigenvalue weighted by Gasteiger charge is -2.12. The summed E-state index contributed by atoms with van der Waals surface area (Å²) in [6.07, 6.45) is 0. The molecule has 2 aromatic rings. The topological polar surface area (TPSA) is 112 Å². The fourth-order valence-corrected chi connectivity index (χ4v) is 4.09. The van der Waals surface area contributed by atoms with Gasteiger partial charge in [-0.15, -0.1) is 11.3 Å². The first kappa shape index (κ1) is 24.1. The Morgan fingerprint density at radius 3 is 2.52 bits per heavy atom. The number of nitrogens with zero attached hydrogens (tertiary/aromatic N) is 2. The zero-order valence-corrected chi connectivity index (χ0v) is 19.1. The molecule has 1 aromatic heterocycles. The molecule has 0 spiro atoms. The van der Waals surface area contributed by atoms with Crippen molar-refractivity contribution in [3.8, 4) is 6.07 Å². The molecule has 0 radical (unpaired) electrons. The van der Waals surface area contributed by atoms with Gasteiger partial charge in [-0.2, -0.15) is 5.26 Å². The number of benzene rings is 1. The maximum Gasteiger partial charge on any atom is 0.341 e. The number of nitriles is 1. The molecule has 0 aliphatic carbocycles. The molecule has 0 atom stereocenters. The van der Waals surface area contributed by atoms with Crippen molar-refractivity contribution < 1.29 is 19.1 Å². The van der Waals surface area contributed by atoms with Crippen molar-refractivity contribution >= 4 is 39.8 Å². The minimum absolute atomic E-state index is 0.0309. The molecule has 0 bridgehead atoms. The number of likely N-dealkylation sites (N-methyl/N-ethyl adjacent to an activating group) is 1. The summed E-state index contributed by atoms with van der Waals surface area (Å²) < 4.78 is 5.13. The monoisotopic (exact) mass is 442 g/mol. The lowest BCUT2D eigenvalue weighted by Crippen LogP contribution is -2.30. The van der Waals surface area contributed by atoms with Crippen molar-refractivity contribution in [3.05, 3.63) is 45.3 Å². The SMILES string of the molecule is CCOC(=O)c1c(NC(=O)CN(C)CC#N)sc(C(=O)Nc2ccc(C)cc2C)c1C. The van der Waals surface area contributed by atoms with Crippen LogP contribution in [0, 0.1) is 32.1 Å². The number of nitrogens with one attached hydrogen (secondary N) is 2. The molecule has 0 fully saturated rings. The molecule has 8 nitrogen and oxygen atoms in total. The van der Waals surface area contributed by atoms with E-state index in [2.05, 4.69) is 10.6 Å². The largest absolute Gasteiger partial charge is 0.462 e. The van der Waals surface area contributed by atoms with Crippen molar-refractivity contribution in [3.63, 3.8) is 0 Å². The Kier molecular flexibility index (Phi) is 8.30. The van der Waals surface area contributed by atoms with E-state index >= 15 is 0 Å². The van der Waals surface area contributed by atoms with Gasteiger partial charge in [0.25, 0.3) is 5.91 Å². The zero-order valence-electron chi connectivity index (χ0n) is 18.3. The summed E-state index contributed by atoms with van der Waals surface area (Å²) in [5.41, 5.74) is 3.27. The maximum atomic E-state index is 13.0. The van der Waals surface area contributed by atoms with Gasteiger partial charge in [0.05, 0.1) is 36.2 Å². The van der Waals surface area contributed by atoms with Crippen LogP contribution in [-0.2, 0) is 9.53 Å². The van der Waals surface area contributed by atoms with Crippen LogP contribution in [0.3, 0.4) is 0 Å². The third-order valence-electron chi connectivity index (χ3n) is 4.47. The Balaban J connectivity index is 2.34. The summed E-state index contributed by atoms with van der Waals surface area (Å²) in [7, 11) is 1.64. The van der Waals surface area contributed by atoms with Gasteiger partial charge in [0.2, 0.25) is 5.91 Å². The van der Waals surface area contributed by atoms with Crippen LogP contribution >= 0.6 is 11.3 Å². The smallest absolute Gasteiger partial charge is 0.341 e. The van der Waals surface area contributed by atoms with Gasteiger partial charge in [0.1, 0.15) is 5.00 Å². The molecule has 0 aliphatic heterocycles. The summed E-state index contributed by atoms with van der Waals surface area (Å²) in [5, 5.41) is 14.5. The number of carbonyl (C=O) groups is 3. The van der Waals surface area contributed by atoms with Crippen LogP contribution in [0.5, 0.6) is 0 Å². The molecule has 2 rings (SSSR count). The molecule has 0 saturated heterocycles. The van der Waals surface area contributed by atoms with Crippen LogP contribution in [-0.4, -0.2) is 49.4 Å². The van der Waals surface area contributed by atoms with Crippen LogP contribution in [0.4, 0.5) is 10.7 Å². The van der Waals surface area contributed by atoms with E-state index in [1.165, 1.54) is 4.90 Å². The Bertz CT molecular complexity index is 1040. The molecule has 0 saturated carbocycles. The summed E-state index contributed by atoms with van der Waals surface area (Å²) in [6, 6.07) is 7.65. The maximum absolute atomic E-state index is 13.0. The second kappa shape index (κ2) is 10.7. The fourth-order valence-electron chi connectivity index (χ4n) is 2.99. The van der Waals surface area contributed by atoms with Crippen LogP contribution in [0.1, 0.15) is 43.6 Å². The van der Waals surface area contributed by atoms with Crippen molar-refractivity contribution in [2.24, 2.45) is 0 Å². The number of carbonyl (C=O) groups excluding carboxylic acids is 3. The fraction of sp³-hybridized carbons (Fsp3) is 0.364. The number of rotatable bonds is 8. The summed E-state index contributed by atoms with van der Waals surface area (Å²) >= 11 is 1.02. The number of anilines is 2. The van der Waals surface area contributed by atoms with Crippen molar-refractivity contribution in [1.82, 2.24) is 4.90 Å². The summed E-state index contributed by atoms with van der Waals surface area (Å²) in [6.45, 7) is 7.42. The molecular formula is C22H26N4O4S. The molecular weight excluding hydrogens is 416 g/mol. The average molecular weight is 443 g/mol. The number of hydrogen-bond acceptors (Lipinski definition) is 7. The van der Waals surface area contributed by atoms with E-state index in [0.717, 1.165) is 22.5 Å². The van der Waals surface area contributed by atoms with E-state index in [-0.39, 0.29) is 36.2 Å². The van der Waals surface area contributed by atoms with Gasteiger partial charge < -0.3 is 15.4 Å². The minimum atomic E-state index is -0.609. The van der Waals surface area contributed by atoms with E-state index in [9.17, 15) is 14.4 Å². The average Bonchev–Trinajstić information content (AvgIpc) is 3.00. The third-order valence-corrected chi connectivity index (χ3v) is 5.68. The molecule has 2 amide bonds. The Hall–Kier alpha value is -3.22. The highest BCUT2D eigenvalue weighted by molar-refractivity contribution is 7.19. The van der Waals surface area contributed by atoms with Gasteiger partial charge in [-0.1, -0.05) is 17.7 Å². The lowest BCUT2D eigenvalue weighted by atomic mass is 10.1. The standard InChI is InChI=1S/C22H26N4O4S/c1-6-30-22(29)18-15(4)19(20(28)24-16-8-7-13(2)11-14(16)3)31-21(18)25-17(27)12-26(5)10-9-23/h7-8,11H,6,10,12H2,1-5H3,(H,24,28)(H,25,27). The first-order chi connectivity index (χ1) is 14.7. The van der Waals surface area contributed by atoms with Gasteiger partial charge in [-0.3, -0.25) is 14.5 Å². The normalized spacial score (nSPS) is 10.5. The second-order valence-corrected chi connectivity index (χ2v) is 8.15. The van der Waals surface area contributed by atoms with E-state index in [1.807, 2.05) is 38.1 Å². The Labute approximate surface area is 185 Å². The Morgan fingerprint density at radius 2 is 1.90 bits per heavy atom. The molecule has 9 heteroatoms. The minimum Gasteiger partial charge on any atom is -0.462 e.